The van der Waals surface area contributed by atoms with Gasteiger partial charge in [-0.2, -0.15) is 0 Å². The number of amides is 1. The number of anilines is 1. The van der Waals surface area contributed by atoms with Gasteiger partial charge in [0.15, 0.2) is 0 Å². The van der Waals surface area contributed by atoms with Crippen molar-refractivity contribution in [2.45, 2.75) is 6.04 Å². The lowest BCUT2D eigenvalue weighted by atomic mass is 9.95. The molecule has 154 valence electrons. The van der Waals surface area contributed by atoms with E-state index in [1.165, 1.54) is 42.6 Å². The highest BCUT2D eigenvalue weighted by Gasteiger charge is 2.48. The van der Waals surface area contributed by atoms with E-state index in [0.29, 0.717) is 0 Å². The molecule has 0 bridgehead atoms. The molecule has 2 aromatic carbocycles. The number of nitro benzene ring substituents is 1. The molecule has 2 heterocycles. The summed E-state index contributed by atoms with van der Waals surface area (Å²) >= 11 is 0. The summed E-state index contributed by atoms with van der Waals surface area (Å²) in [6.45, 7) is 0. The maximum atomic E-state index is 14.7. The average Bonchev–Trinajstić information content (AvgIpc) is 3.04. The number of rotatable bonds is 4. The fraction of sp³-hybridized carbons (Fsp3) is 0.0455. The van der Waals surface area contributed by atoms with Crippen LogP contribution in [0.25, 0.3) is 5.76 Å². The molecule has 0 radical (unpaired) electrons. The fourth-order valence-corrected chi connectivity index (χ4v) is 3.45. The van der Waals surface area contributed by atoms with Crippen LogP contribution < -0.4 is 4.90 Å². The first kappa shape index (κ1) is 19.9. The number of aliphatic hydroxyl groups excluding tert-OH is 1. The van der Waals surface area contributed by atoms with Gasteiger partial charge in [0.05, 0.1) is 16.5 Å². The van der Waals surface area contributed by atoms with Gasteiger partial charge in [0, 0.05) is 29.5 Å². The first-order valence-electron chi connectivity index (χ1n) is 9.11. The summed E-state index contributed by atoms with van der Waals surface area (Å²) in [5.74, 6) is -3.13. The zero-order valence-electron chi connectivity index (χ0n) is 15.8. The summed E-state index contributed by atoms with van der Waals surface area (Å²) < 4.78 is 14.7. The molecule has 1 fully saturated rings. The number of carbonyl (C=O) groups excluding carboxylic acids is 2. The van der Waals surface area contributed by atoms with Crippen molar-refractivity contribution in [3.63, 3.8) is 0 Å². The minimum absolute atomic E-state index is 0.00388. The van der Waals surface area contributed by atoms with E-state index >= 15 is 0 Å². The number of non-ortho nitro benzene ring substituents is 1. The number of aromatic nitrogens is 1. The zero-order chi connectivity index (χ0) is 22.1. The van der Waals surface area contributed by atoms with E-state index in [1.54, 1.807) is 18.2 Å². The van der Waals surface area contributed by atoms with E-state index < -0.39 is 34.2 Å². The van der Waals surface area contributed by atoms with Gasteiger partial charge in [0.2, 0.25) is 0 Å². The number of hydrogen-bond acceptors (Lipinski definition) is 6. The Hall–Kier alpha value is -4.40. The number of nitrogens with zero attached hydrogens (tertiary/aromatic N) is 3. The van der Waals surface area contributed by atoms with Gasteiger partial charge in [-0.1, -0.05) is 24.3 Å². The van der Waals surface area contributed by atoms with Crippen LogP contribution in [0, 0.1) is 15.9 Å². The number of hydrogen-bond donors (Lipinski definition) is 1. The third-order valence-electron chi connectivity index (χ3n) is 4.89. The number of aliphatic hydroxyl groups is 1. The van der Waals surface area contributed by atoms with Crippen molar-refractivity contribution in [1.82, 2.24) is 4.98 Å². The molecule has 9 heteroatoms. The topological polar surface area (TPSA) is 114 Å². The number of Topliss-reactive ketones (excluding diaryl/α,β-unsaturated/α-hetero) is 1. The Morgan fingerprint density at radius 3 is 2.32 bits per heavy atom. The van der Waals surface area contributed by atoms with Gasteiger partial charge >= 0.3 is 5.91 Å². The van der Waals surface area contributed by atoms with Crippen LogP contribution in [-0.2, 0) is 9.59 Å². The van der Waals surface area contributed by atoms with Gasteiger partial charge in [-0.3, -0.25) is 24.6 Å². The van der Waals surface area contributed by atoms with E-state index in [4.69, 9.17) is 0 Å². The number of pyridine rings is 1. The van der Waals surface area contributed by atoms with Crippen molar-refractivity contribution in [2.24, 2.45) is 0 Å². The van der Waals surface area contributed by atoms with Crippen molar-refractivity contribution >= 4 is 29.0 Å². The Balaban J connectivity index is 1.93. The Bertz CT molecular complexity index is 1230. The van der Waals surface area contributed by atoms with Crippen LogP contribution in [0.3, 0.4) is 0 Å². The molecule has 0 aliphatic carbocycles. The molecule has 8 nitrogen and oxygen atoms in total. The van der Waals surface area contributed by atoms with Crippen LogP contribution in [0.15, 0.2) is 78.5 Å². The smallest absolute Gasteiger partial charge is 0.301 e. The second-order valence-electron chi connectivity index (χ2n) is 6.68. The predicted octanol–water partition coefficient (Wildman–Crippen LogP) is 3.76. The molecule has 0 spiro atoms. The van der Waals surface area contributed by atoms with Crippen molar-refractivity contribution in [3.8, 4) is 0 Å². The van der Waals surface area contributed by atoms with Crippen molar-refractivity contribution in [1.29, 1.82) is 0 Å². The molecule has 1 aliphatic heterocycles. The van der Waals surface area contributed by atoms with Gasteiger partial charge in [0.1, 0.15) is 17.4 Å². The van der Waals surface area contributed by atoms with Gasteiger partial charge < -0.3 is 5.11 Å². The Morgan fingerprint density at radius 2 is 1.71 bits per heavy atom. The molecule has 0 unspecified atom stereocenters. The van der Waals surface area contributed by atoms with Gasteiger partial charge in [-0.25, -0.2) is 9.37 Å². The third-order valence-corrected chi connectivity index (χ3v) is 4.89. The second kappa shape index (κ2) is 7.79. The second-order valence-corrected chi connectivity index (χ2v) is 6.68. The van der Waals surface area contributed by atoms with Crippen LogP contribution in [0.5, 0.6) is 0 Å². The molecule has 1 amide bonds. The van der Waals surface area contributed by atoms with Crippen LogP contribution in [0.4, 0.5) is 15.9 Å². The average molecular weight is 419 g/mol. The minimum Gasteiger partial charge on any atom is -0.507 e. The fourth-order valence-electron chi connectivity index (χ4n) is 3.45. The quantitative estimate of drug-likeness (QED) is 0.226. The summed E-state index contributed by atoms with van der Waals surface area (Å²) in [6.07, 6.45) is 1.42. The third kappa shape index (κ3) is 3.42. The summed E-state index contributed by atoms with van der Waals surface area (Å²) in [7, 11) is 0. The lowest BCUT2D eigenvalue weighted by Gasteiger charge is -2.24. The molecule has 1 aliphatic rings. The minimum atomic E-state index is -1.27. The molecular weight excluding hydrogens is 405 g/mol. The van der Waals surface area contributed by atoms with Crippen LogP contribution >= 0.6 is 0 Å². The molecule has 1 N–H and O–H groups in total. The number of benzene rings is 2. The van der Waals surface area contributed by atoms with E-state index in [2.05, 4.69) is 4.98 Å². The highest BCUT2D eigenvalue weighted by atomic mass is 19.1. The van der Waals surface area contributed by atoms with Gasteiger partial charge in [-0.05, 0) is 30.3 Å². The number of nitro groups is 1. The molecule has 1 aromatic heterocycles. The maximum absolute atomic E-state index is 14.7. The van der Waals surface area contributed by atoms with E-state index in [0.717, 1.165) is 17.0 Å². The summed E-state index contributed by atoms with van der Waals surface area (Å²) in [5, 5.41) is 21.8. The van der Waals surface area contributed by atoms with Gasteiger partial charge in [0.25, 0.3) is 11.5 Å². The number of ketones is 1. The lowest BCUT2D eigenvalue weighted by molar-refractivity contribution is -0.384. The van der Waals surface area contributed by atoms with E-state index in [1.807, 2.05) is 0 Å². The molecular formula is C22H14FN3O5. The summed E-state index contributed by atoms with van der Waals surface area (Å²) in [5.41, 5.74) is -0.479. The monoisotopic (exact) mass is 419 g/mol. The predicted molar refractivity (Wildman–Crippen MR) is 109 cm³/mol. The number of halogens is 1. The Labute approximate surface area is 175 Å². The van der Waals surface area contributed by atoms with Crippen molar-refractivity contribution in [2.75, 3.05) is 4.90 Å². The lowest BCUT2D eigenvalue weighted by Crippen LogP contribution is -2.30. The molecule has 4 rings (SSSR count). The van der Waals surface area contributed by atoms with E-state index in [9.17, 15) is 29.2 Å². The van der Waals surface area contributed by atoms with Crippen LogP contribution in [0.2, 0.25) is 0 Å². The molecule has 31 heavy (non-hydrogen) atoms. The molecule has 1 atom stereocenters. The maximum Gasteiger partial charge on any atom is 0.301 e. The zero-order valence-corrected chi connectivity index (χ0v) is 15.8. The molecule has 0 saturated carbocycles. The van der Waals surface area contributed by atoms with Crippen LogP contribution in [-0.4, -0.2) is 26.7 Å². The summed E-state index contributed by atoms with van der Waals surface area (Å²) in [4.78, 5) is 41.2. The standard InChI is InChI=1S/C22H14FN3O5/c23-16-6-2-1-5-15(16)19-18(20(27)13-8-10-14(11-9-13)26(30)31)21(28)22(29)25(19)17-7-3-4-12-24-17/h1-12,19,27H/b20-18+/t19-/m1/s1. The number of carbonyl (C=O) groups is 2. The Kier molecular flexibility index (Phi) is 5.00. The highest BCUT2D eigenvalue weighted by Crippen LogP contribution is 2.42. The Morgan fingerprint density at radius 1 is 1.03 bits per heavy atom. The van der Waals surface area contributed by atoms with Gasteiger partial charge in [-0.15, -0.1) is 0 Å². The molecule has 3 aromatic rings. The first-order valence-corrected chi connectivity index (χ1v) is 9.11. The molecule has 1 saturated heterocycles. The van der Waals surface area contributed by atoms with Crippen LogP contribution in [0.1, 0.15) is 17.2 Å². The highest BCUT2D eigenvalue weighted by molar-refractivity contribution is 6.51. The first-order chi connectivity index (χ1) is 14.9. The van der Waals surface area contributed by atoms with Crippen molar-refractivity contribution in [3.05, 3.63) is 106 Å². The van der Waals surface area contributed by atoms with E-state index in [-0.39, 0.29) is 28.2 Å². The SMILES string of the molecule is O=C1C(=O)N(c2ccccn2)[C@H](c2ccccc2F)/C1=C(\O)c1ccc([N+](=O)[O-])cc1. The normalized spacial score (nSPS) is 17.7. The van der Waals surface area contributed by atoms with Crippen molar-refractivity contribution < 1.29 is 24.0 Å². The largest absolute Gasteiger partial charge is 0.507 e. The summed E-state index contributed by atoms with van der Waals surface area (Å²) in [6, 6.07) is 13.8.